The van der Waals surface area contributed by atoms with E-state index in [4.69, 9.17) is 9.84 Å². The molecule has 2 aromatic carbocycles. The van der Waals surface area contributed by atoms with Crippen LogP contribution in [0.4, 0.5) is 4.79 Å². The van der Waals surface area contributed by atoms with E-state index >= 15 is 0 Å². The Morgan fingerprint density at radius 1 is 1.09 bits per heavy atom. The second-order valence-electron chi connectivity index (χ2n) is 8.48. The summed E-state index contributed by atoms with van der Waals surface area (Å²) < 4.78 is 6.80. The Balaban J connectivity index is 1.35. The summed E-state index contributed by atoms with van der Waals surface area (Å²) in [6, 6.07) is 16.8. The topological polar surface area (TPSA) is 123 Å². The maximum atomic E-state index is 12.7. The van der Waals surface area contributed by atoms with Gasteiger partial charge in [-0.2, -0.15) is 5.10 Å². The molecule has 0 aliphatic heterocycles. The molecule has 3 N–H and O–H groups in total. The Morgan fingerprint density at radius 2 is 1.71 bits per heavy atom. The van der Waals surface area contributed by atoms with Crippen LogP contribution in [-0.4, -0.2) is 45.5 Å². The minimum absolute atomic E-state index is 0.0242. The number of alkyl carbamates (subject to hydrolysis) is 1. The highest BCUT2D eigenvalue weighted by atomic mass is 16.5. The van der Waals surface area contributed by atoms with Crippen LogP contribution in [0.15, 0.2) is 54.6 Å². The highest BCUT2D eigenvalue weighted by Crippen LogP contribution is 2.44. The highest BCUT2D eigenvalue weighted by molar-refractivity contribution is 5.86. The molecule has 1 heterocycles. The third kappa shape index (κ3) is 5.18. The van der Waals surface area contributed by atoms with Crippen molar-refractivity contribution in [1.29, 1.82) is 0 Å². The molecular weight excluding hydrogens is 448 g/mol. The largest absolute Gasteiger partial charge is 0.477 e. The summed E-state index contributed by atoms with van der Waals surface area (Å²) in [5, 5.41) is 18.6. The molecule has 182 valence electrons. The third-order valence-electron chi connectivity index (χ3n) is 6.12. The van der Waals surface area contributed by atoms with E-state index in [1.165, 1.54) is 17.8 Å². The SMILES string of the molecule is CCC[C@H](NC(=O)OCC1c2ccccc2-c2ccccc21)C(=O)NCc1cc(C(=O)O)n(C)n1. The molecule has 0 unspecified atom stereocenters. The second-order valence-corrected chi connectivity index (χ2v) is 8.48. The van der Waals surface area contributed by atoms with Crippen LogP contribution in [0, 0.1) is 0 Å². The number of carboxylic acid groups (broad SMARTS) is 1. The van der Waals surface area contributed by atoms with E-state index in [0.29, 0.717) is 18.5 Å². The number of fused-ring (bicyclic) bond motifs is 3. The van der Waals surface area contributed by atoms with Gasteiger partial charge in [-0.3, -0.25) is 9.48 Å². The Morgan fingerprint density at radius 3 is 2.29 bits per heavy atom. The van der Waals surface area contributed by atoms with Crippen LogP contribution in [0.25, 0.3) is 11.1 Å². The molecule has 1 atom stereocenters. The summed E-state index contributed by atoms with van der Waals surface area (Å²) in [5.74, 6) is -1.56. The zero-order valence-corrected chi connectivity index (χ0v) is 19.7. The maximum absolute atomic E-state index is 12.7. The van der Waals surface area contributed by atoms with Crippen molar-refractivity contribution in [3.05, 3.63) is 77.1 Å². The fourth-order valence-corrected chi connectivity index (χ4v) is 4.45. The van der Waals surface area contributed by atoms with Gasteiger partial charge in [0.25, 0.3) is 0 Å². The number of ether oxygens (including phenoxy) is 1. The zero-order chi connectivity index (χ0) is 24.9. The predicted molar refractivity (Wildman–Crippen MR) is 129 cm³/mol. The van der Waals surface area contributed by atoms with Crippen molar-refractivity contribution < 1.29 is 24.2 Å². The number of benzene rings is 2. The number of carbonyl (C=O) groups is 3. The molecule has 4 rings (SSSR count). The molecule has 1 aromatic heterocycles. The van der Waals surface area contributed by atoms with Gasteiger partial charge in [0.05, 0.1) is 12.2 Å². The molecule has 0 spiro atoms. The fraction of sp³-hybridized carbons (Fsp3) is 0.308. The highest BCUT2D eigenvalue weighted by Gasteiger charge is 2.29. The molecule has 2 amide bonds. The van der Waals surface area contributed by atoms with Crippen LogP contribution in [0.3, 0.4) is 0 Å². The van der Waals surface area contributed by atoms with Crippen molar-refractivity contribution >= 4 is 18.0 Å². The Labute approximate surface area is 203 Å². The molecule has 1 aliphatic rings. The van der Waals surface area contributed by atoms with Gasteiger partial charge < -0.3 is 20.5 Å². The van der Waals surface area contributed by atoms with Crippen molar-refractivity contribution in [2.75, 3.05) is 6.61 Å². The first-order valence-corrected chi connectivity index (χ1v) is 11.5. The minimum atomic E-state index is -1.10. The van der Waals surface area contributed by atoms with Gasteiger partial charge in [0.2, 0.25) is 5.91 Å². The van der Waals surface area contributed by atoms with Gasteiger partial charge in [0, 0.05) is 13.0 Å². The summed E-state index contributed by atoms with van der Waals surface area (Å²) >= 11 is 0. The average Bonchev–Trinajstić information content (AvgIpc) is 3.38. The smallest absolute Gasteiger partial charge is 0.407 e. The van der Waals surface area contributed by atoms with Crippen LogP contribution >= 0.6 is 0 Å². The summed E-state index contributed by atoms with van der Waals surface area (Å²) in [6.07, 6.45) is 0.444. The van der Waals surface area contributed by atoms with Crippen molar-refractivity contribution in [3.63, 3.8) is 0 Å². The molecule has 1 aliphatic carbocycles. The van der Waals surface area contributed by atoms with Crippen LogP contribution in [0.1, 0.15) is 53.0 Å². The quantitative estimate of drug-likeness (QED) is 0.435. The molecule has 0 saturated carbocycles. The summed E-state index contributed by atoms with van der Waals surface area (Å²) in [4.78, 5) is 36.5. The number of hydrogen-bond donors (Lipinski definition) is 3. The van der Waals surface area contributed by atoms with E-state index in [-0.39, 0.29) is 30.7 Å². The normalized spacial score (nSPS) is 13.0. The number of carboxylic acids is 1. The average molecular weight is 477 g/mol. The number of aryl methyl sites for hydroxylation is 1. The molecular formula is C26H28N4O5. The van der Waals surface area contributed by atoms with Gasteiger partial charge in [-0.25, -0.2) is 9.59 Å². The standard InChI is InChI=1S/C26H28N4O5/c1-3-8-22(24(31)27-14-16-13-23(25(32)33)30(2)29-16)28-26(34)35-15-21-19-11-6-4-9-17(19)18-10-5-7-12-20(18)21/h4-7,9-13,21-22H,3,8,14-15H2,1-2H3,(H,27,31)(H,28,34)(H,32,33)/t22-/m0/s1. The number of hydrogen-bond acceptors (Lipinski definition) is 5. The van der Waals surface area contributed by atoms with Crippen molar-refractivity contribution in [3.8, 4) is 11.1 Å². The number of nitrogens with one attached hydrogen (secondary N) is 2. The van der Waals surface area contributed by atoms with E-state index in [2.05, 4.69) is 27.9 Å². The lowest BCUT2D eigenvalue weighted by Gasteiger charge is -2.19. The molecule has 0 saturated heterocycles. The fourth-order valence-electron chi connectivity index (χ4n) is 4.45. The van der Waals surface area contributed by atoms with Gasteiger partial charge in [0.15, 0.2) is 0 Å². The lowest BCUT2D eigenvalue weighted by atomic mass is 9.98. The minimum Gasteiger partial charge on any atom is -0.477 e. The van der Waals surface area contributed by atoms with Crippen molar-refractivity contribution in [2.45, 2.75) is 38.3 Å². The van der Waals surface area contributed by atoms with Crippen LogP contribution in [-0.2, 0) is 23.1 Å². The van der Waals surface area contributed by atoms with Crippen LogP contribution in [0.2, 0.25) is 0 Å². The van der Waals surface area contributed by atoms with E-state index in [9.17, 15) is 14.4 Å². The maximum Gasteiger partial charge on any atom is 0.407 e. The first-order chi connectivity index (χ1) is 16.9. The molecule has 35 heavy (non-hydrogen) atoms. The number of carbonyl (C=O) groups excluding carboxylic acids is 2. The van der Waals surface area contributed by atoms with Gasteiger partial charge >= 0.3 is 12.1 Å². The number of aromatic nitrogens is 2. The summed E-state index contributed by atoms with van der Waals surface area (Å²) in [6.45, 7) is 2.12. The second kappa shape index (κ2) is 10.4. The number of nitrogens with zero attached hydrogens (tertiary/aromatic N) is 2. The molecule has 3 aromatic rings. The van der Waals surface area contributed by atoms with Gasteiger partial charge in [-0.05, 0) is 34.7 Å². The van der Waals surface area contributed by atoms with E-state index in [0.717, 1.165) is 22.3 Å². The lowest BCUT2D eigenvalue weighted by Crippen LogP contribution is -2.46. The summed E-state index contributed by atoms with van der Waals surface area (Å²) in [7, 11) is 1.52. The Kier molecular flexibility index (Phi) is 7.14. The van der Waals surface area contributed by atoms with E-state index < -0.39 is 18.1 Å². The van der Waals surface area contributed by atoms with E-state index in [1.807, 2.05) is 43.3 Å². The lowest BCUT2D eigenvalue weighted by molar-refractivity contribution is -0.123. The number of amides is 2. The van der Waals surface area contributed by atoms with Gasteiger partial charge in [0.1, 0.15) is 18.3 Å². The summed E-state index contributed by atoms with van der Waals surface area (Å²) in [5.41, 5.74) is 4.94. The molecule has 9 heteroatoms. The molecule has 0 fully saturated rings. The van der Waals surface area contributed by atoms with Gasteiger partial charge in [-0.1, -0.05) is 61.9 Å². The molecule has 0 radical (unpaired) electrons. The van der Waals surface area contributed by atoms with Crippen LogP contribution in [0.5, 0.6) is 0 Å². The van der Waals surface area contributed by atoms with Crippen molar-refractivity contribution in [2.24, 2.45) is 7.05 Å². The Hall–Kier alpha value is -4.14. The number of aromatic carboxylic acids is 1. The van der Waals surface area contributed by atoms with Crippen molar-refractivity contribution in [1.82, 2.24) is 20.4 Å². The van der Waals surface area contributed by atoms with Crippen LogP contribution < -0.4 is 10.6 Å². The monoisotopic (exact) mass is 476 g/mol. The first-order valence-electron chi connectivity index (χ1n) is 11.5. The van der Waals surface area contributed by atoms with Gasteiger partial charge in [-0.15, -0.1) is 0 Å². The third-order valence-corrected chi connectivity index (χ3v) is 6.12. The van der Waals surface area contributed by atoms with E-state index in [1.54, 1.807) is 0 Å². The Bertz CT molecular complexity index is 1210. The molecule has 0 bridgehead atoms. The first kappa shape index (κ1) is 24.0. The molecule has 9 nitrogen and oxygen atoms in total. The number of rotatable bonds is 9. The predicted octanol–water partition coefficient (Wildman–Crippen LogP) is 3.44. The zero-order valence-electron chi connectivity index (χ0n) is 19.7.